The molecule has 0 aromatic heterocycles. The number of aryl methyl sites for hydroxylation is 1. The van der Waals surface area contributed by atoms with Gasteiger partial charge in [-0.1, -0.05) is 18.2 Å². The highest BCUT2D eigenvalue weighted by Crippen LogP contribution is 2.21. The third-order valence-electron chi connectivity index (χ3n) is 1.25. The van der Waals surface area contributed by atoms with Crippen molar-refractivity contribution < 1.29 is 14.6 Å². The first-order valence-electron chi connectivity index (χ1n) is 3.03. The van der Waals surface area contributed by atoms with Gasteiger partial charge in [0, 0.05) is 4.90 Å². The van der Waals surface area contributed by atoms with Crippen molar-refractivity contribution in [2.75, 3.05) is 0 Å². The molecule has 0 saturated carbocycles. The van der Waals surface area contributed by atoms with E-state index in [-0.39, 0.29) is 0 Å². The Hall–Kier alpha value is -0.550. The Bertz CT molecular complexity index is 227. The molecule has 4 heteroatoms. The maximum absolute atomic E-state index is 9.47. The smallest absolute Gasteiger partial charge is 0.0676 e. The Morgan fingerprint density at radius 3 is 2.73 bits per heavy atom. The zero-order chi connectivity index (χ0) is 8.10. The second-order valence-electron chi connectivity index (χ2n) is 1.98. The molecule has 0 spiro atoms. The van der Waals surface area contributed by atoms with Crippen molar-refractivity contribution in [1.82, 2.24) is 0 Å². The fraction of sp³-hybridized carbons (Fsp3) is 0.143. The summed E-state index contributed by atoms with van der Waals surface area (Å²) in [4.78, 5) is 0.878. The standard InChI is InChI=1S/C7H8O3S/c1-6-4-2-3-5-7(6)11-10-9-8/h2-5,8H,1H3/p-1. The first-order chi connectivity index (χ1) is 5.34. The van der Waals surface area contributed by atoms with Crippen molar-refractivity contribution in [3.8, 4) is 0 Å². The Labute approximate surface area is 69.0 Å². The Kier molecular flexibility index (Phi) is 3.38. The number of hydrogen-bond acceptors (Lipinski definition) is 4. The third-order valence-corrected chi connectivity index (χ3v) is 2.01. The molecule has 0 aliphatic rings. The van der Waals surface area contributed by atoms with Crippen LogP contribution in [0.2, 0.25) is 0 Å². The summed E-state index contributed by atoms with van der Waals surface area (Å²) in [5.74, 6) is 0. The summed E-state index contributed by atoms with van der Waals surface area (Å²) < 4.78 is 4.16. The molecule has 0 atom stereocenters. The molecule has 60 valence electrons. The minimum atomic E-state index is 0.878. The lowest BCUT2D eigenvalue weighted by Crippen LogP contribution is -2.01. The molecule has 0 heterocycles. The Morgan fingerprint density at radius 2 is 2.09 bits per heavy atom. The van der Waals surface area contributed by atoms with Crippen molar-refractivity contribution in [3.05, 3.63) is 29.8 Å². The molecule has 0 saturated heterocycles. The van der Waals surface area contributed by atoms with E-state index >= 15 is 0 Å². The average molecular weight is 171 g/mol. The first-order valence-corrected chi connectivity index (χ1v) is 3.77. The summed E-state index contributed by atoms with van der Waals surface area (Å²) >= 11 is 0.912. The van der Waals surface area contributed by atoms with Gasteiger partial charge in [0.25, 0.3) is 0 Å². The summed E-state index contributed by atoms with van der Waals surface area (Å²) in [7, 11) is 0. The molecular formula is C7H7O3S-. The molecule has 3 nitrogen and oxygen atoms in total. The van der Waals surface area contributed by atoms with Crippen LogP contribution in [0.25, 0.3) is 0 Å². The van der Waals surface area contributed by atoms with E-state index in [1.165, 1.54) is 0 Å². The van der Waals surface area contributed by atoms with Crippen molar-refractivity contribution in [2.24, 2.45) is 0 Å². The van der Waals surface area contributed by atoms with Crippen LogP contribution in [0.15, 0.2) is 29.2 Å². The molecule has 1 aromatic rings. The predicted molar refractivity (Wildman–Crippen MR) is 39.2 cm³/mol. The molecule has 0 radical (unpaired) electrons. The molecular weight excluding hydrogens is 164 g/mol. The molecule has 0 aliphatic carbocycles. The van der Waals surface area contributed by atoms with Gasteiger partial charge in [-0.05, 0) is 18.6 Å². The van der Waals surface area contributed by atoms with Gasteiger partial charge in [0.05, 0.1) is 12.0 Å². The molecule has 0 amide bonds. The molecule has 0 bridgehead atoms. The summed E-state index contributed by atoms with van der Waals surface area (Å²) in [6, 6.07) is 7.55. The van der Waals surface area contributed by atoms with Crippen molar-refractivity contribution in [3.63, 3.8) is 0 Å². The van der Waals surface area contributed by atoms with E-state index in [4.69, 9.17) is 0 Å². The topological polar surface area (TPSA) is 41.5 Å². The van der Waals surface area contributed by atoms with Crippen molar-refractivity contribution >= 4 is 12.0 Å². The predicted octanol–water partition coefficient (Wildman–Crippen LogP) is 1.23. The molecule has 1 rings (SSSR count). The van der Waals surface area contributed by atoms with Crippen LogP contribution in [-0.2, 0) is 9.37 Å². The van der Waals surface area contributed by atoms with Crippen LogP contribution < -0.4 is 5.26 Å². The van der Waals surface area contributed by atoms with Crippen LogP contribution in [0.1, 0.15) is 5.56 Å². The van der Waals surface area contributed by atoms with Crippen LogP contribution in [0.5, 0.6) is 0 Å². The van der Waals surface area contributed by atoms with Gasteiger partial charge in [0.1, 0.15) is 0 Å². The van der Waals surface area contributed by atoms with Crippen LogP contribution in [0.3, 0.4) is 0 Å². The molecule has 1 aromatic carbocycles. The van der Waals surface area contributed by atoms with Gasteiger partial charge in [-0.25, -0.2) is 0 Å². The quantitative estimate of drug-likeness (QED) is 0.389. The molecule has 0 unspecified atom stereocenters. The average Bonchev–Trinajstić information content (AvgIpc) is 2.03. The summed E-state index contributed by atoms with van der Waals surface area (Å²) in [6.07, 6.45) is 0. The normalized spacial score (nSPS) is 10.0. The van der Waals surface area contributed by atoms with Crippen LogP contribution in [0.4, 0.5) is 0 Å². The molecule has 0 aliphatic heterocycles. The molecule has 0 fully saturated rings. The highest BCUT2D eigenvalue weighted by atomic mass is 32.2. The maximum atomic E-state index is 9.47. The first kappa shape index (κ1) is 8.55. The minimum absolute atomic E-state index is 0.878. The van der Waals surface area contributed by atoms with Crippen molar-refractivity contribution in [2.45, 2.75) is 11.8 Å². The highest BCUT2D eigenvalue weighted by Gasteiger charge is 1.96. The largest absolute Gasteiger partial charge is 0.691 e. The summed E-state index contributed by atoms with van der Waals surface area (Å²) in [5.41, 5.74) is 1.05. The van der Waals surface area contributed by atoms with E-state index in [0.29, 0.717) is 0 Å². The van der Waals surface area contributed by atoms with Gasteiger partial charge in [-0.3, -0.25) is 5.04 Å². The van der Waals surface area contributed by atoms with Crippen molar-refractivity contribution in [1.29, 1.82) is 0 Å². The lowest BCUT2D eigenvalue weighted by Gasteiger charge is -2.05. The second-order valence-corrected chi connectivity index (χ2v) is 2.73. The molecule has 0 N–H and O–H groups in total. The van der Waals surface area contributed by atoms with Crippen LogP contribution in [-0.4, -0.2) is 0 Å². The van der Waals surface area contributed by atoms with Gasteiger partial charge in [-0.15, -0.1) is 0 Å². The van der Waals surface area contributed by atoms with Crippen LogP contribution >= 0.6 is 12.0 Å². The lowest BCUT2D eigenvalue weighted by atomic mass is 10.2. The molecule has 11 heavy (non-hydrogen) atoms. The highest BCUT2D eigenvalue weighted by molar-refractivity contribution is 7.94. The van der Waals surface area contributed by atoms with Gasteiger partial charge in [0.15, 0.2) is 0 Å². The lowest BCUT2D eigenvalue weighted by molar-refractivity contribution is -0.777. The van der Waals surface area contributed by atoms with Gasteiger partial charge in [-0.2, -0.15) is 4.33 Å². The fourth-order valence-electron chi connectivity index (χ4n) is 0.700. The summed E-state index contributed by atoms with van der Waals surface area (Å²) in [5, 5.41) is 12.7. The fourth-order valence-corrected chi connectivity index (χ4v) is 1.14. The van der Waals surface area contributed by atoms with Crippen LogP contribution in [0, 0.1) is 6.92 Å². The van der Waals surface area contributed by atoms with E-state index in [1.54, 1.807) is 0 Å². The SMILES string of the molecule is Cc1ccccc1SOO[O-]. The Morgan fingerprint density at radius 1 is 1.36 bits per heavy atom. The van der Waals surface area contributed by atoms with E-state index in [0.717, 1.165) is 22.5 Å². The third kappa shape index (κ3) is 2.51. The zero-order valence-electron chi connectivity index (χ0n) is 5.94. The number of benzene rings is 1. The maximum Gasteiger partial charge on any atom is 0.0676 e. The Balaban J connectivity index is 2.62. The monoisotopic (exact) mass is 171 g/mol. The van der Waals surface area contributed by atoms with E-state index in [2.05, 4.69) is 9.37 Å². The van der Waals surface area contributed by atoms with Gasteiger partial charge in [0.2, 0.25) is 0 Å². The number of rotatable bonds is 3. The van der Waals surface area contributed by atoms with E-state index in [1.807, 2.05) is 31.2 Å². The zero-order valence-corrected chi connectivity index (χ0v) is 6.76. The second kappa shape index (κ2) is 4.35. The van der Waals surface area contributed by atoms with E-state index < -0.39 is 0 Å². The number of hydrogen-bond donors (Lipinski definition) is 0. The van der Waals surface area contributed by atoms with E-state index in [9.17, 15) is 5.26 Å². The summed E-state index contributed by atoms with van der Waals surface area (Å²) in [6.45, 7) is 1.93. The minimum Gasteiger partial charge on any atom is -0.691 e. The van der Waals surface area contributed by atoms with Gasteiger partial charge >= 0.3 is 0 Å². The van der Waals surface area contributed by atoms with Gasteiger partial charge < -0.3 is 5.26 Å².